The van der Waals surface area contributed by atoms with Crippen LogP contribution in [0.1, 0.15) is 19.3 Å². The molecule has 0 bridgehead atoms. The lowest BCUT2D eigenvalue weighted by Gasteiger charge is -2.19. The first-order valence-corrected chi connectivity index (χ1v) is 4.45. The maximum absolute atomic E-state index is 12.4. The summed E-state index contributed by atoms with van der Waals surface area (Å²) in [6, 6.07) is 0. The molecule has 82 valence electrons. The number of rotatable bonds is 3. The topological polar surface area (TPSA) is 24.4 Å². The van der Waals surface area contributed by atoms with Gasteiger partial charge in [-0.1, -0.05) is 0 Å². The molecule has 0 saturated carbocycles. The van der Waals surface area contributed by atoms with Gasteiger partial charge in [0, 0.05) is 13.0 Å². The van der Waals surface area contributed by atoms with Crippen molar-refractivity contribution in [2.45, 2.75) is 31.6 Å². The van der Waals surface area contributed by atoms with E-state index in [2.05, 4.69) is 10.3 Å². The first kappa shape index (κ1) is 11.3. The number of hydrogen-bond donors (Lipinski definition) is 1. The summed E-state index contributed by atoms with van der Waals surface area (Å²) in [7, 11) is 0. The molecule has 0 spiro atoms. The van der Waals surface area contributed by atoms with E-state index in [1.807, 2.05) is 0 Å². The van der Waals surface area contributed by atoms with Crippen molar-refractivity contribution in [3.05, 3.63) is 0 Å². The Morgan fingerprint density at radius 2 is 2.07 bits per heavy atom. The van der Waals surface area contributed by atoms with Crippen molar-refractivity contribution in [2.75, 3.05) is 13.1 Å². The zero-order valence-electron chi connectivity index (χ0n) is 7.57. The van der Waals surface area contributed by atoms with Crippen molar-refractivity contribution in [3.63, 3.8) is 0 Å². The second-order valence-corrected chi connectivity index (χ2v) is 3.20. The van der Waals surface area contributed by atoms with Crippen LogP contribution in [0.25, 0.3) is 0 Å². The van der Waals surface area contributed by atoms with Crippen LogP contribution in [0.3, 0.4) is 0 Å². The molecule has 0 aliphatic carbocycles. The minimum atomic E-state index is -3.97. The first-order chi connectivity index (χ1) is 6.52. The van der Waals surface area contributed by atoms with Crippen molar-refractivity contribution < 1.29 is 17.6 Å². The maximum atomic E-state index is 12.4. The van der Waals surface area contributed by atoms with Crippen LogP contribution in [0.15, 0.2) is 4.99 Å². The monoisotopic (exact) mass is 212 g/mol. The molecule has 0 saturated heterocycles. The lowest BCUT2D eigenvalue weighted by Crippen LogP contribution is -2.41. The Balaban J connectivity index is 2.35. The first-order valence-electron chi connectivity index (χ1n) is 4.45. The highest BCUT2D eigenvalue weighted by Gasteiger charge is 2.40. The van der Waals surface area contributed by atoms with E-state index in [1.165, 1.54) is 0 Å². The van der Waals surface area contributed by atoms with Crippen molar-refractivity contribution in [1.82, 2.24) is 5.32 Å². The van der Waals surface area contributed by atoms with E-state index in [9.17, 15) is 17.6 Å². The molecular weight excluding hydrogens is 200 g/mol. The Kier molecular flexibility index (Phi) is 3.71. The molecule has 0 fully saturated rings. The highest BCUT2D eigenvalue weighted by atomic mass is 19.3. The largest absolute Gasteiger partial charge is 0.368 e. The Hall–Kier alpha value is -0.810. The average Bonchev–Trinajstić information content (AvgIpc) is 2.16. The summed E-state index contributed by atoms with van der Waals surface area (Å²) in [5, 5.41) is 2.26. The fourth-order valence-corrected chi connectivity index (χ4v) is 1.14. The summed E-state index contributed by atoms with van der Waals surface area (Å²) in [4.78, 5) is 3.92. The molecule has 0 atom stereocenters. The van der Waals surface area contributed by atoms with Gasteiger partial charge in [-0.15, -0.1) is 0 Å². The van der Waals surface area contributed by atoms with Crippen molar-refractivity contribution in [3.8, 4) is 0 Å². The number of halogens is 4. The van der Waals surface area contributed by atoms with Gasteiger partial charge in [-0.25, -0.2) is 8.78 Å². The molecule has 6 heteroatoms. The number of alkyl halides is 4. The van der Waals surface area contributed by atoms with Crippen LogP contribution in [0.4, 0.5) is 17.6 Å². The van der Waals surface area contributed by atoms with Gasteiger partial charge < -0.3 is 5.32 Å². The molecule has 1 N–H and O–H groups in total. The van der Waals surface area contributed by atoms with Gasteiger partial charge in [0.15, 0.2) is 0 Å². The second-order valence-electron chi connectivity index (χ2n) is 3.20. The molecule has 0 unspecified atom stereocenters. The lowest BCUT2D eigenvalue weighted by molar-refractivity contribution is -0.123. The fourth-order valence-electron chi connectivity index (χ4n) is 1.14. The average molecular weight is 212 g/mol. The fraction of sp³-hybridized carbons (Fsp3) is 0.875. The van der Waals surface area contributed by atoms with Crippen molar-refractivity contribution in [2.24, 2.45) is 4.99 Å². The molecule has 0 amide bonds. The molecule has 0 aromatic carbocycles. The molecule has 1 aliphatic heterocycles. The standard InChI is InChI=1S/C8H12F4N2/c9-7(10)8(11,12)5-14-6-3-1-2-4-13-6/h7H,1-5H2,(H,13,14). The number of aliphatic imine (C=N–C) groups is 1. The van der Waals surface area contributed by atoms with Gasteiger partial charge in [0.25, 0.3) is 0 Å². The molecule has 0 radical (unpaired) electrons. The van der Waals surface area contributed by atoms with E-state index in [0.717, 1.165) is 12.8 Å². The van der Waals surface area contributed by atoms with Gasteiger partial charge in [0.1, 0.15) is 0 Å². The van der Waals surface area contributed by atoms with Crippen LogP contribution < -0.4 is 5.32 Å². The SMILES string of the molecule is FC(F)C(F)(F)CNC1=NCCCC1. The second kappa shape index (κ2) is 4.61. The van der Waals surface area contributed by atoms with E-state index in [0.29, 0.717) is 18.8 Å². The number of hydrogen-bond acceptors (Lipinski definition) is 2. The minimum Gasteiger partial charge on any atom is -0.368 e. The van der Waals surface area contributed by atoms with Gasteiger partial charge >= 0.3 is 12.3 Å². The molecule has 0 aromatic heterocycles. The zero-order valence-corrected chi connectivity index (χ0v) is 7.57. The molecule has 1 aliphatic rings. The molecular formula is C8H12F4N2. The highest BCUT2D eigenvalue weighted by Crippen LogP contribution is 2.21. The van der Waals surface area contributed by atoms with E-state index in [4.69, 9.17) is 0 Å². The van der Waals surface area contributed by atoms with Crippen LogP contribution in [0.2, 0.25) is 0 Å². The smallest absolute Gasteiger partial charge is 0.324 e. The minimum absolute atomic E-state index is 0.413. The van der Waals surface area contributed by atoms with Gasteiger partial charge in [0.2, 0.25) is 0 Å². The summed E-state index contributed by atoms with van der Waals surface area (Å²) in [5.41, 5.74) is 0. The normalized spacial score (nSPS) is 18.2. The van der Waals surface area contributed by atoms with Crippen LogP contribution >= 0.6 is 0 Å². The van der Waals surface area contributed by atoms with Crippen LogP contribution in [-0.4, -0.2) is 31.3 Å². The third-order valence-corrected chi connectivity index (χ3v) is 1.97. The number of nitrogens with one attached hydrogen (secondary N) is 1. The molecule has 2 nitrogen and oxygen atoms in total. The third kappa shape index (κ3) is 3.16. The summed E-state index contributed by atoms with van der Waals surface area (Å²) in [6.45, 7) is -0.452. The summed E-state index contributed by atoms with van der Waals surface area (Å²) >= 11 is 0. The predicted octanol–water partition coefficient (Wildman–Crippen LogP) is 2.06. The highest BCUT2D eigenvalue weighted by molar-refractivity contribution is 5.82. The van der Waals surface area contributed by atoms with Crippen LogP contribution in [0.5, 0.6) is 0 Å². The Morgan fingerprint density at radius 1 is 1.36 bits per heavy atom. The van der Waals surface area contributed by atoms with Crippen LogP contribution in [-0.2, 0) is 0 Å². The van der Waals surface area contributed by atoms with Gasteiger partial charge in [-0.2, -0.15) is 8.78 Å². The molecule has 1 rings (SSSR count). The summed E-state index contributed by atoms with van der Waals surface area (Å²) in [6.07, 6.45) is -1.26. The molecule has 0 aromatic rings. The van der Waals surface area contributed by atoms with Gasteiger partial charge in [-0.3, -0.25) is 4.99 Å². The molecule has 1 heterocycles. The predicted molar refractivity (Wildman–Crippen MR) is 45.1 cm³/mol. The Morgan fingerprint density at radius 3 is 2.57 bits per heavy atom. The Bertz CT molecular complexity index is 215. The van der Waals surface area contributed by atoms with Crippen molar-refractivity contribution >= 4 is 5.84 Å². The Labute approximate surface area is 79.4 Å². The lowest BCUT2D eigenvalue weighted by atomic mass is 10.2. The van der Waals surface area contributed by atoms with E-state index >= 15 is 0 Å². The number of nitrogens with zero attached hydrogens (tertiary/aromatic N) is 1. The van der Waals surface area contributed by atoms with Crippen molar-refractivity contribution in [1.29, 1.82) is 0 Å². The summed E-state index contributed by atoms with van der Waals surface area (Å²) < 4.78 is 48.3. The van der Waals surface area contributed by atoms with Gasteiger partial charge in [-0.05, 0) is 12.8 Å². The quantitative estimate of drug-likeness (QED) is 0.711. The summed E-state index contributed by atoms with van der Waals surface area (Å²) in [5.74, 6) is -3.56. The number of amidine groups is 1. The van der Waals surface area contributed by atoms with E-state index in [1.54, 1.807) is 0 Å². The zero-order chi connectivity index (χ0) is 10.6. The third-order valence-electron chi connectivity index (χ3n) is 1.97. The van der Waals surface area contributed by atoms with Crippen LogP contribution in [0, 0.1) is 0 Å². The van der Waals surface area contributed by atoms with E-state index < -0.39 is 18.9 Å². The van der Waals surface area contributed by atoms with Gasteiger partial charge in [0.05, 0.1) is 12.4 Å². The van der Waals surface area contributed by atoms with E-state index in [-0.39, 0.29) is 0 Å². The molecule has 14 heavy (non-hydrogen) atoms. The maximum Gasteiger partial charge on any atom is 0.324 e.